The van der Waals surface area contributed by atoms with Crippen LogP contribution in [0, 0.1) is 11.3 Å². The van der Waals surface area contributed by atoms with Gasteiger partial charge >= 0.3 is 0 Å². The second kappa shape index (κ2) is 9.56. The first-order chi connectivity index (χ1) is 16.1. The summed E-state index contributed by atoms with van der Waals surface area (Å²) in [7, 11) is 4.94. The number of ether oxygens (including phenoxy) is 3. The van der Waals surface area contributed by atoms with E-state index in [9.17, 15) is 5.26 Å². The summed E-state index contributed by atoms with van der Waals surface area (Å²) in [5.41, 5.74) is 3.50. The van der Waals surface area contributed by atoms with Crippen molar-refractivity contribution >= 4 is 0 Å². The molecule has 170 valence electrons. The van der Waals surface area contributed by atoms with Crippen molar-refractivity contribution in [3.05, 3.63) is 89.0 Å². The highest BCUT2D eigenvalue weighted by Gasteiger charge is 2.46. The van der Waals surface area contributed by atoms with Crippen molar-refractivity contribution in [3.8, 4) is 23.3 Å². The molecule has 4 rings (SSSR count). The van der Waals surface area contributed by atoms with Gasteiger partial charge in [0.15, 0.2) is 11.5 Å². The lowest BCUT2D eigenvalue weighted by atomic mass is 9.76. The van der Waals surface area contributed by atoms with Crippen LogP contribution >= 0.6 is 0 Å². The van der Waals surface area contributed by atoms with Crippen LogP contribution in [0.2, 0.25) is 0 Å². The minimum Gasteiger partial charge on any atom is -0.497 e. The fraction of sp³-hybridized carbons (Fsp3) is 0.321. The van der Waals surface area contributed by atoms with Crippen LogP contribution in [0.25, 0.3) is 0 Å². The Morgan fingerprint density at radius 2 is 1.61 bits per heavy atom. The monoisotopic (exact) mass is 442 g/mol. The first-order valence-corrected chi connectivity index (χ1v) is 11.2. The number of benzene rings is 3. The number of hydrogen-bond donors (Lipinski definition) is 0. The molecule has 1 aliphatic heterocycles. The van der Waals surface area contributed by atoms with Crippen LogP contribution < -0.4 is 14.2 Å². The number of rotatable bonds is 7. The molecule has 0 N–H and O–H groups in total. The summed E-state index contributed by atoms with van der Waals surface area (Å²) < 4.78 is 16.5. The van der Waals surface area contributed by atoms with E-state index in [4.69, 9.17) is 14.2 Å². The Bertz CT molecular complexity index is 1140. The number of nitriles is 1. The number of hydrogen-bond acceptors (Lipinski definition) is 5. The molecular formula is C28H30N2O3. The molecule has 0 bridgehead atoms. The Balaban J connectivity index is 1.87. The Labute approximate surface area is 196 Å². The lowest BCUT2D eigenvalue weighted by Gasteiger charge is -2.47. The molecule has 0 saturated carbocycles. The standard InChI is InChI=1S/C28H30N2O3/c1-20(22-8-6-5-7-9-22)30-15-14-23-16-26(32-3)27(33-4)17-25(23)28(30,19-29)18-21-10-12-24(31-2)13-11-21/h5-13,16-17,20H,14-15,18H2,1-4H3/t20-,28+/m1/s1. The largest absolute Gasteiger partial charge is 0.497 e. The molecule has 0 unspecified atom stereocenters. The number of fused-ring (bicyclic) bond motifs is 1. The highest BCUT2D eigenvalue weighted by molar-refractivity contribution is 5.54. The van der Waals surface area contributed by atoms with Crippen LogP contribution in [0.3, 0.4) is 0 Å². The third-order valence-electron chi connectivity index (χ3n) is 6.72. The van der Waals surface area contributed by atoms with Crippen LogP contribution in [0.5, 0.6) is 17.2 Å². The molecule has 0 aliphatic carbocycles. The summed E-state index contributed by atoms with van der Waals surface area (Å²) in [5, 5.41) is 10.8. The smallest absolute Gasteiger partial charge is 0.161 e. The van der Waals surface area contributed by atoms with E-state index in [2.05, 4.69) is 42.2 Å². The lowest BCUT2D eigenvalue weighted by molar-refractivity contribution is 0.0773. The van der Waals surface area contributed by atoms with E-state index in [0.717, 1.165) is 35.4 Å². The molecule has 2 atom stereocenters. The highest BCUT2D eigenvalue weighted by Crippen LogP contribution is 2.46. The molecule has 1 heterocycles. The highest BCUT2D eigenvalue weighted by atomic mass is 16.5. The summed E-state index contributed by atoms with van der Waals surface area (Å²) in [4.78, 5) is 2.33. The molecule has 0 aromatic heterocycles. The predicted molar refractivity (Wildman–Crippen MR) is 129 cm³/mol. The molecule has 0 spiro atoms. The summed E-state index contributed by atoms with van der Waals surface area (Å²) in [6, 6.07) is 25.2. The van der Waals surface area contributed by atoms with E-state index in [-0.39, 0.29) is 6.04 Å². The zero-order chi connectivity index (χ0) is 23.4. The summed E-state index contributed by atoms with van der Waals surface area (Å²) in [6.45, 7) is 2.95. The van der Waals surface area contributed by atoms with E-state index in [0.29, 0.717) is 17.9 Å². The predicted octanol–water partition coefficient (Wildman–Crippen LogP) is 5.29. The second-order valence-corrected chi connectivity index (χ2v) is 8.39. The molecule has 3 aromatic rings. The zero-order valence-corrected chi connectivity index (χ0v) is 19.7. The van der Waals surface area contributed by atoms with E-state index in [1.54, 1.807) is 21.3 Å². The summed E-state index contributed by atoms with van der Waals surface area (Å²) in [6.07, 6.45) is 1.38. The van der Waals surface area contributed by atoms with E-state index < -0.39 is 5.54 Å². The fourth-order valence-electron chi connectivity index (χ4n) is 4.93. The van der Waals surface area contributed by atoms with Crippen LogP contribution in [0.1, 0.15) is 35.2 Å². The Morgan fingerprint density at radius 3 is 2.21 bits per heavy atom. The zero-order valence-electron chi connectivity index (χ0n) is 19.7. The molecule has 5 nitrogen and oxygen atoms in total. The molecule has 0 amide bonds. The van der Waals surface area contributed by atoms with Gasteiger partial charge in [-0.1, -0.05) is 42.5 Å². The van der Waals surface area contributed by atoms with Gasteiger partial charge in [0, 0.05) is 19.0 Å². The molecule has 1 aliphatic rings. The second-order valence-electron chi connectivity index (χ2n) is 8.39. The first-order valence-electron chi connectivity index (χ1n) is 11.2. The SMILES string of the molecule is COc1ccc(C[C@]2(C#N)c3cc(OC)c(OC)cc3CCN2[C@H](C)c2ccccc2)cc1. The van der Waals surface area contributed by atoms with Crippen LogP contribution in [0.4, 0.5) is 0 Å². The van der Waals surface area contributed by atoms with Gasteiger partial charge in [0.2, 0.25) is 0 Å². The van der Waals surface area contributed by atoms with Crippen molar-refractivity contribution in [1.29, 1.82) is 5.26 Å². The van der Waals surface area contributed by atoms with Crippen molar-refractivity contribution in [1.82, 2.24) is 4.90 Å². The van der Waals surface area contributed by atoms with E-state index in [1.165, 1.54) is 5.56 Å². The number of nitrogens with zero attached hydrogens (tertiary/aromatic N) is 2. The third kappa shape index (κ3) is 4.15. The van der Waals surface area contributed by atoms with Crippen molar-refractivity contribution < 1.29 is 14.2 Å². The normalized spacial score (nSPS) is 18.6. The Hall–Kier alpha value is -3.49. The maximum Gasteiger partial charge on any atom is 0.161 e. The van der Waals surface area contributed by atoms with Crippen LogP contribution in [0.15, 0.2) is 66.7 Å². The molecule has 33 heavy (non-hydrogen) atoms. The maximum absolute atomic E-state index is 10.8. The minimum atomic E-state index is -0.864. The van der Waals surface area contributed by atoms with Gasteiger partial charge in [0.05, 0.1) is 27.4 Å². The van der Waals surface area contributed by atoms with Crippen LogP contribution in [-0.2, 0) is 18.4 Å². The van der Waals surface area contributed by atoms with Gasteiger partial charge in [-0.05, 0) is 59.9 Å². The van der Waals surface area contributed by atoms with Gasteiger partial charge in [-0.2, -0.15) is 5.26 Å². The molecule has 3 aromatic carbocycles. The summed E-state index contributed by atoms with van der Waals surface area (Å²) in [5.74, 6) is 2.13. The van der Waals surface area contributed by atoms with E-state index in [1.807, 2.05) is 42.5 Å². The fourth-order valence-corrected chi connectivity index (χ4v) is 4.93. The van der Waals surface area contributed by atoms with Gasteiger partial charge in [-0.15, -0.1) is 0 Å². The topological polar surface area (TPSA) is 54.7 Å². The van der Waals surface area contributed by atoms with Gasteiger partial charge < -0.3 is 14.2 Å². The molecule has 0 saturated heterocycles. The maximum atomic E-state index is 10.8. The van der Waals surface area contributed by atoms with Crippen molar-refractivity contribution in [2.45, 2.75) is 31.3 Å². The third-order valence-corrected chi connectivity index (χ3v) is 6.72. The van der Waals surface area contributed by atoms with Crippen LogP contribution in [-0.4, -0.2) is 32.8 Å². The quantitative estimate of drug-likeness (QED) is 0.497. The average molecular weight is 443 g/mol. The van der Waals surface area contributed by atoms with Crippen molar-refractivity contribution in [2.24, 2.45) is 0 Å². The Morgan fingerprint density at radius 1 is 0.939 bits per heavy atom. The van der Waals surface area contributed by atoms with Gasteiger partial charge in [0.25, 0.3) is 0 Å². The van der Waals surface area contributed by atoms with E-state index >= 15 is 0 Å². The molecular weight excluding hydrogens is 412 g/mol. The first kappa shape index (κ1) is 22.7. The van der Waals surface area contributed by atoms with Crippen molar-refractivity contribution in [2.75, 3.05) is 27.9 Å². The summed E-state index contributed by atoms with van der Waals surface area (Å²) >= 11 is 0. The van der Waals surface area contributed by atoms with Gasteiger partial charge in [-0.25, -0.2) is 0 Å². The molecule has 0 radical (unpaired) electrons. The minimum absolute atomic E-state index is 0.0605. The average Bonchev–Trinajstić information content (AvgIpc) is 2.88. The molecule has 5 heteroatoms. The number of methoxy groups -OCH3 is 3. The van der Waals surface area contributed by atoms with Gasteiger partial charge in [0.1, 0.15) is 11.3 Å². The van der Waals surface area contributed by atoms with Gasteiger partial charge in [-0.3, -0.25) is 4.90 Å². The van der Waals surface area contributed by atoms with Crippen molar-refractivity contribution in [3.63, 3.8) is 0 Å². The Kier molecular flexibility index (Phi) is 6.57. The molecule has 0 fully saturated rings. The lowest BCUT2D eigenvalue weighted by Crippen LogP contribution is -2.52.